The lowest BCUT2D eigenvalue weighted by Gasteiger charge is -2.02. The molecule has 3 aromatic heterocycles. The first-order valence-corrected chi connectivity index (χ1v) is 8.68. The van der Waals surface area contributed by atoms with Gasteiger partial charge < -0.3 is 21.0 Å². The number of carbonyl (C=O) groups is 2. The summed E-state index contributed by atoms with van der Waals surface area (Å²) in [6, 6.07) is 11.0. The highest BCUT2D eigenvalue weighted by Gasteiger charge is 2.16. The highest BCUT2D eigenvalue weighted by Crippen LogP contribution is 2.26. The number of pyridine rings is 1. The SMILES string of the molecule is Cc1[nH]c(C(=O)NCc2cccnc2)nc1-c1ccc2[nH]c(C(N)=O)cc2c1. The molecule has 0 aliphatic heterocycles. The molecule has 1 aromatic carbocycles. The molecule has 28 heavy (non-hydrogen) atoms. The summed E-state index contributed by atoms with van der Waals surface area (Å²) < 4.78 is 0. The zero-order chi connectivity index (χ0) is 19.7. The number of aryl methyl sites for hydroxylation is 1. The Kier molecular flexibility index (Phi) is 4.36. The van der Waals surface area contributed by atoms with E-state index in [9.17, 15) is 9.59 Å². The van der Waals surface area contributed by atoms with E-state index in [0.29, 0.717) is 17.9 Å². The average Bonchev–Trinajstić information content (AvgIpc) is 3.30. The molecule has 0 aliphatic rings. The van der Waals surface area contributed by atoms with E-state index in [-0.39, 0.29) is 11.7 Å². The Morgan fingerprint density at radius 1 is 1.18 bits per heavy atom. The molecule has 0 spiro atoms. The molecular weight excluding hydrogens is 356 g/mol. The third-order valence-corrected chi connectivity index (χ3v) is 4.44. The molecule has 0 bridgehead atoms. The van der Waals surface area contributed by atoms with Gasteiger partial charge in [0, 0.05) is 41.1 Å². The Hall–Kier alpha value is -3.94. The lowest BCUT2D eigenvalue weighted by atomic mass is 10.1. The van der Waals surface area contributed by atoms with Crippen molar-refractivity contribution in [2.45, 2.75) is 13.5 Å². The first kappa shape index (κ1) is 17.5. The normalized spacial score (nSPS) is 10.9. The molecule has 0 aliphatic carbocycles. The topological polar surface area (TPSA) is 130 Å². The second-order valence-electron chi connectivity index (χ2n) is 6.45. The van der Waals surface area contributed by atoms with Gasteiger partial charge in [-0.3, -0.25) is 14.6 Å². The molecule has 140 valence electrons. The van der Waals surface area contributed by atoms with Crippen LogP contribution < -0.4 is 11.1 Å². The van der Waals surface area contributed by atoms with Crippen LogP contribution in [0.5, 0.6) is 0 Å². The van der Waals surface area contributed by atoms with Crippen LogP contribution in [0.3, 0.4) is 0 Å². The number of aromatic amines is 2. The number of nitrogens with zero attached hydrogens (tertiary/aromatic N) is 2. The number of carbonyl (C=O) groups excluding carboxylic acids is 2. The number of nitrogens with one attached hydrogen (secondary N) is 3. The predicted molar refractivity (Wildman–Crippen MR) is 105 cm³/mol. The van der Waals surface area contributed by atoms with Crippen molar-refractivity contribution >= 4 is 22.7 Å². The summed E-state index contributed by atoms with van der Waals surface area (Å²) in [5.74, 6) is -0.568. The molecule has 8 heteroatoms. The number of rotatable bonds is 5. The van der Waals surface area contributed by atoms with Crippen LogP contribution in [0.25, 0.3) is 22.2 Å². The first-order valence-electron chi connectivity index (χ1n) is 8.68. The van der Waals surface area contributed by atoms with Crippen LogP contribution in [-0.2, 0) is 6.54 Å². The summed E-state index contributed by atoms with van der Waals surface area (Å²) in [7, 11) is 0. The van der Waals surface area contributed by atoms with E-state index in [2.05, 4.69) is 25.3 Å². The van der Waals surface area contributed by atoms with Crippen molar-refractivity contribution in [3.8, 4) is 11.3 Å². The van der Waals surface area contributed by atoms with Crippen LogP contribution in [0.2, 0.25) is 0 Å². The van der Waals surface area contributed by atoms with Crippen LogP contribution in [0.1, 0.15) is 32.4 Å². The highest BCUT2D eigenvalue weighted by molar-refractivity contribution is 5.98. The molecule has 0 radical (unpaired) electrons. The third kappa shape index (κ3) is 3.35. The van der Waals surface area contributed by atoms with Crippen molar-refractivity contribution in [2.24, 2.45) is 5.73 Å². The van der Waals surface area contributed by atoms with Crippen LogP contribution in [-0.4, -0.2) is 31.8 Å². The number of benzene rings is 1. The lowest BCUT2D eigenvalue weighted by molar-refractivity contribution is 0.0940. The molecule has 5 N–H and O–H groups in total. The largest absolute Gasteiger partial charge is 0.364 e. The molecule has 2 amide bonds. The number of amides is 2. The van der Waals surface area contributed by atoms with E-state index >= 15 is 0 Å². The fourth-order valence-electron chi connectivity index (χ4n) is 3.03. The minimum absolute atomic E-state index is 0.239. The van der Waals surface area contributed by atoms with Crippen molar-refractivity contribution < 1.29 is 9.59 Å². The number of imidazole rings is 1. The second-order valence-corrected chi connectivity index (χ2v) is 6.45. The average molecular weight is 374 g/mol. The fourth-order valence-corrected chi connectivity index (χ4v) is 3.03. The maximum absolute atomic E-state index is 12.4. The van der Waals surface area contributed by atoms with Gasteiger partial charge in [0.1, 0.15) is 5.69 Å². The van der Waals surface area contributed by atoms with Gasteiger partial charge in [-0.1, -0.05) is 12.1 Å². The van der Waals surface area contributed by atoms with Crippen molar-refractivity contribution in [3.63, 3.8) is 0 Å². The van der Waals surface area contributed by atoms with Crippen LogP contribution in [0.15, 0.2) is 48.8 Å². The zero-order valence-electron chi connectivity index (χ0n) is 15.1. The van der Waals surface area contributed by atoms with Gasteiger partial charge in [-0.2, -0.15) is 0 Å². The maximum atomic E-state index is 12.4. The smallest absolute Gasteiger partial charge is 0.287 e. The molecule has 0 unspecified atom stereocenters. The van der Waals surface area contributed by atoms with E-state index in [1.807, 2.05) is 37.3 Å². The Morgan fingerprint density at radius 3 is 2.79 bits per heavy atom. The number of primary amides is 1. The van der Waals surface area contributed by atoms with Gasteiger partial charge in [-0.15, -0.1) is 0 Å². The molecular formula is C20H18N6O2. The number of hydrogen-bond donors (Lipinski definition) is 4. The molecule has 0 saturated carbocycles. The third-order valence-electron chi connectivity index (χ3n) is 4.44. The molecule has 0 atom stereocenters. The minimum atomic E-state index is -0.513. The van der Waals surface area contributed by atoms with Gasteiger partial charge in [0.15, 0.2) is 5.82 Å². The van der Waals surface area contributed by atoms with Gasteiger partial charge in [0.05, 0.1) is 5.69 Å². The zero-order valence-corrected chi connectivity index (χ0v) is 15.1. The summed E-state index contributed by atoms with van der Waals surface area (Å²) in [5.41, 5.74) is 9.67. The Balaban J connectivity index is 1.57. The molecule has 0 fully saturated rings. The fraction of sp³-hybridized carbons (Fsp3) is 0.100. The van der Waals surface area contributed by atoms with E-state index in [1.54, 1.807) is 18.5 Å². The Labute approximate surface area is 160 Å². The van der Waals surface area contributed by atoms with Crippen molar-refractivity contribution in [1.82, 2.24) is 25.3 Å². The molecule has 8 nitrogen and oxygen atoms in total. The molecule has 4 rings (SSSR count). The Morgan fingerprint density at radius 2 is 2.04 bits per heavy atom. The first-order chi connectivity index (χ1) is 13.5. The van der Waals surface area contributed by atoms with E-state index in [1.165, 1.54) is 0 Å². The second kappa shape index (κ2) is 6.99. The number of aromatic nitrogens is 4. The summed E-state index contributed by atoms with van der Waals surface area (Å²) in [4.78, 5) is 38.3. The predicted octanol–water partition coefficient (Wildman–Crippen LogP) is 2.29. The number of nitrogens with two attached hydrogens (primary N) is 1. The maximum Gasteiger partial charge on any atom is 0.287 e. The Bertz CT molecular complexity index is 1180. The van der Waals surface area contributed by atoms with Crippen LogP contribution in [0.4, 0.5) is 0 Å². The lowest BCUT2D eigenvalue weighted by Crippen LogP contribution is -2.24. The quantitative estimate of drug-likeness (QED) is 0.427. The molecule has 4 aromatic rings. The standard InChI is InChI=1S/C20H18N6O2/c1-11-17(13-4-5-15-14(7-13)8-16(25-15)18(21)27)26-19(24-11)20(28)23-10-12-3-2-6-22-9-12/h2-9,25H,10H2,1H3,(H2,21,27)(H,23,28)(H,24,26). The van der Waals surface area contributed by atoms with Gasteiger partial charge in [-0.05, 0) is 36.8 Å². The van der Waals surface area contributed by atoms with Gasteiger partial charge >= 0.3 is 0 Å². The minimum Gasteiger partial charge on any atom is -0.364 e. The van der Waals surface area contributed by atoms with E-state index in [0.717, 1.165) is 27.7 Å². The molecule has 3 heterocycles. The monoisotopic (exact) mass is 374 g/mol. The van der Waals surface area contributed by atoms with E-state index in [4.69, 9.17) is 5.73 Å². The van der Waals surface area contributed by atoms with Gasteiger partial charge in [-0.25, -0.2) is 4.98 Å². The van der Waals surface area contributed by atoms with Gasteiger partial charge in [0.25, 0.3) is 11.8 Å². The number of fused-ring (bicyclic) bond motifs is 1. The summed E-state index contributed by atoms with van der Waals surface area (Å²) in [6.07, 6.45) is 3.38. The number of hydrogen-bond acceptors (Lipinski definition) is 4. The number of H-pyrrole nitrogens is 2. The van der Waals surface area contributed by atoms with Crippen LogP contribution >= 0.6 is 0 Å². The highest BCUT2D eigenvalue weighted by atomic mass is 16.2. The van der Waals surface area contributed by atoms with E-state index < -0.39 is 5.91 Å². The van der Waals surface area contributed by atoms with Crippen molar-refractivity contribution in [1.29, 1.82) is 0 Å². The van der Waals surface area contributed by atoms with Crippen molar-refractivity contribution in [3.05, 3.63) is 71.6 Å². The van der Waals surface area contributed by atoms with Crippen molar-refractivity contribution in [2.75, 3.05) is 0 Å². The molecule has 0 saturated heterocycles. The summed E-state index contributed by atoms with van der Waals surface area (Å²) >= 11 is 0. The summed E-state index contributed by atoms with van der Waals surface area (Å²) in [6.45, 7) is 2.23. The van der Waals surface area contributed by atoms with Gasteiger partial charge in [0.2, 0.25) is 0 Å². The summed E-state index contributed by atoms with van der Waals surface area (Å²) in [5, 5.41) is 3.67. The van der Waals surface area contributed by atoms with Crippen LogP contribution in [0, 0.1) is 6.92 Å².